The van der Waals surface area contributed by atoms with E-state index >= 15 is 0 Å². The van der Waals surface area contributed by atoms with Crippen LogP contribution in [0.3, 0.4) is 0 Å². The van der Waals surface area contributed by atoms with Crippen molar-refractivity contribution >= 4 is 40.7 Å². The summed E-state index contributed by atoms with van der Waals surface area (Å²) in [6.07, 6.45) is 3.24. The predicted molar refractivity (Wildman–Crippen MR) is 136 cm³/mol. The van der Waals surface area contributed by atoms with Crippen molar-refractivity contribution in [1.29, 1.82) is 0 Å². The van der Waals surface area contributed by atoms with Crippen molar-refractivity contribution in [2.24, 2.45) is 0 Å². The van der Waals surface area contributed by atoms with E-state index in [9.17, 15) is 14.7 Å². The molecule has 0 radical (unpaired) electrons. The molecule has 180 valence electrons. The van der Waals surface area contributed by atoms with Crippen molar-refractivity contribution in [1.82, 2.24) is 9.88 Å². The average Bonchev–Trinajstić information content (AvgIpc) is 3.08. The SMILES string of the molecule is COc1c(Cl)cc(Cl)cc1/C(O)=C1\C(=O)C(=O)N(Cc2ccncc2)C1c1ccc(C(C)C)cc1. The minimum absolute atomic E-state index is 0.0574. The zero-order valence-corrected chi connectivity index (χ0v) is 21.0. The number of ether oxygens (including phenoxy) is 1. The Hall–Kier alpha value is -3.35. The van der Waals surface area contributed by atoms with Gasteiger partial charge in [0.1, 0.15) is 11.5 Å². The normalized spacial score (nSPS) is 17.3. The third-order valence-corrected chi connectivity index (χ3v) is 6.53. The number of nitrogens with zero attached hydrogens (tertiary/aromatic N) is 2. The van der Waals surface area contributed by atoms with E-state index in [0.717, 1.165) is 11.1 Å². The van der Waals surface area contributed by atoms with E-state index in [1.165, 1.54) is 24.1 Å². The smallest absolute Gasteiger partial charge is 0.295 e. The standard InChI is InChI=1S/C27H24Cl2N2O4/c1-15(2)17-4-6-18(7-5-17)23-22(24(32)20-12-19(28)13-21(29)26(20)35-3)25(33)27(34)31(23)14-16-8-10-30-11-9-16/h4-13,15,23,32H,14H2,1-3H3/b24-22+. The molecule has 8 heteroatoms. The second-order valence-electron chi connectivity index (χ2n) is 8.57. The molecule has 3 aromatic rings. The monoisotopic (exact) mass is 510 g/mol. The third-order valence-electron chi connectivity index (χ3n) is 6.03. The molecular formula is C27H24Cl2N2O4. The largest absolute Gasteiger partial charge is 0.507 e. The first kappa shape index (κ1) is 24.8. The molecule has 1 aliphatic heterocycles. The first-order valence-corrected chi connectivity index (χ1v) is 11.8. The number of carbonyl (C=O) groups is 2. The lowest BCUT2D eigenvalue weighted by Crippen LogP contribution is -2.29. The molecule has 1 atom stereocenters. The van der Waals surface area contributed by atoms with E-state index in [-0.39, 0.29) is 33.5 Å². The van der Waals surface area contributed by atoms with Crippen LogP contribution in [0.1, 0.15) is 48.1 Å². The summed E-state index contributed by atoms with van der Waals surface area (Å²) >= 11 is 12.5. The van der Waals surface area contributed by atoms with Gasteiger partial charge in [-0.3, -0.25) is 14.6 Å². The van der Waals surface area contributed by atoms with E-state index in [0.29, 0.717) is 11.5 Å². The summed E-state index contributed by atoms with van der Waals surface area (Å²) in [5, 5.41) is 11.8. The Balaban J connectivity index is 1.92. The Bertz CT molecular complexity index is 1300. The lowest BCUT2D eigenvalue weighted by Gasteiger charge is -2.26. The van der Waals surface area contributed by atoms with Crippen LogP contribution in [0, 0.1) is 0 Å². The number of hydrogen-bond donors (Lipinski definition) is 1. The van der Waals surface area contributed by atoms with Gasteiger partial charge in [-0.2, -0.15) is 0 Å². The maximum Gasteiger partial charge on any atom is 0.295 e. The highest BCUT2D eigenvalue weighted by Crippen LogP contribution is 2.44. The summed E-state index contributed by atoms with van der Waals surface area (Å²) in [7, 11) is 1.40. The van der Waals surface area contributed by atoms with Gasteiger partial charge in [0.15, 0.2) is 0 Å². The Labute approximate surface area is 213 Å². The molecular weight excluding hydrogens is 487 g/mol. The summed E-state index contributed by atoms with van der Waals surface area (Å²) in [6, 6.07) is 13.3. The highest BCUT2D eigenvalue weighted by atomic mass is 35.5. The Morgan fingerprint density at radius 3 is 2.34 bits per heavy atom. The van der Waals surface area contributed by atoms with Gasteiger partial charge in [-0.1, -0.05) is 61.3 Å². The van der Waals surface area contributed by atoms with Gasteiger partial charge in [-0.25, -0.2) is 0 Å². The fraction of sp³-hybridized carbons (Fsp3) is 0.222. The number of halogens is 2. The highest BCUT2D eigenvalue weighted by molar-refractivity contribution is 6.46. The molecule has 2 aromatic carbocycles. The van der Waals surface area contributed by atoms with Gasteiger partial charge in [0.25, 0.3) is 11.7 Å². The molecule has 1 amide bonds. The van der Waals surface area contributed by atoms with Crippen LogP contribution in [0.5, 0.6) is 5.75 Å². The number of likely N-dealkylation sites (tertiary alicyclic amines) is 1. The maximum atomic E-state index is 13.3. The number of pyridine rings is 1. The van der Waals surface area contributed by atoms with Crippen molar-refractivity contribution in [3.05, 3.63) is 98.8 Å². The lowest BCUT2D eigenvalue weighted by molar-refractivity contribution is -0.140. The van der Waals surface area contributed by atoms with Crippen LogP contribution in [-0.4, -0.2) is 33.8 Å². The molecule has 1 N–H and O–H groups in total. The van der Waals surface area contributed by atoms with Gasteiger partial charge in [0.2, 0.25) is 0 Å². The quantitative estimate of drug-likeness (QED) is 0.244. The van der Waals surface area contributed by atoms with E-state index in [4.69, 9.17) is 27.9 Å². The molecule has 0 spiro atoms. The molecule has 4 rings (SSSR count). The number of benzene rings is 2. The summed E-state index contributed by atoms with van der Waals surface area (Å²) in [4.78, 5) is 32.0. The van der Waals surface area contributed by atoms with Crippen LogP contribution >= 0.6 is 23.2 Å². The van der Waals surface area contributed by atoms with Crippen LogP contribution in [0.2, 0.25) is 10.0 Å². The maximum absolute atomic E-state index is 13.3. The predicted octanol–water partition coefficient (Wildman–Crippen LogP) is 6.14. The number of amides is 1. The molecule has 0 saturated carbocycles. The number of ketones is 1. The number of aliphatic hydroxyl groups is 1. The number of hydrogen-bond acceptors (Lipinski definition) is 5. The molecule has 1 unspecified atom stereocenters. The van der Waals surface area contributed by atoms with E-state index in [1.54, 1.807) is 24.5 Å². The fourth-order valence-electron chi connectivity index (χ4n) is 4.23. The van der Waals surface area contributed by atoms with Crippen molar-refractivity contribution in [2.45, 2.75) is 32.4 Å². The van der Waals surface area contributed by atoms with Gasteiger partial charge in [0, 0.05) is 24.0 Å². The average molecular weight is 511 g/mol. The Morgan fingerprint density at radius 1 is 1.09 bits per heavy atom. The van der Waals surface area contributed by atoms with Crippen molar-refractivity contribution in [2.75, 3.05) is 7.11 Å². The van der Waals surface area contributed by atoms with Crippen LogP contribution in [0.4, 0.5) is 0 Å². The van der Waals surface area contributed by atoms with Gasteiger partial charge in [-0.05, 0) is 46.9 Å². The van der Waals surface area contributed by atoms with Crippen molar-refractivity contribution in [3.8, 4) is 5.75 Å². The number of methoxy groups -OCH3 is 1. The molecule has 6 nitrogen and oxygen atoms in total. The van der Waals surface area contributed by atoms with Gasteiger partial charge >= 0.3 is 0 Å². The molecule has 1 aromatic heterocycles. The Kier molecular flexibility index (Phi) is 7.15. The zero-order valence-electron chi connectivity index (χ0n) is 19.5. The molecule has 1 aliphatic rings. The minimum Gasteiger partial charge on any atom is -0.507 e. The van der Waals surface area contributed by atoms with Crippen LogP contribution in [-0.2, 0) is 16.1 Å². The molecule has 0 aliphatic carbocycles. The number of carbonyl (C=O) groups excluding carboxylic acids is 2. The summed E-state index contributed by atoms with van der Waals surface area (Å²) in [6.45, 7) is 4.33. The minimum atomic E-state index is -0.827. The van der Waals surface area contributed by atoms with Crippen molar-refractivity contribution in [3.63, 3.8) is 0 Å². The molecule has 0 bridgehead atoms. The number of aliphatic hydroxyl groups excluding tert-OH is 1. The lowest BCUT2D eigenvalue weighted by atomic mass is 9.93. The molecule has 1 fully saturated rings. The number of aromatic nitrogens is 1. The topological polar surface area (TPSA) is 79.7 Å². The van der Waals surface area contributed by atoms with Gasteiger partial charge in [0.05, 0.1) is 29.3 Å². The van der Waals surface area contributed by atoms with E-state index in [2.05, 4.69) is 18.8 Å². The first-order valence-electron chi connectivity index (χ1n) is 11.0. The van der Waals surface area contributed by atoms with Crippen LogP contribution < -0.4 is 4.74 Å². The number of rotatable bonds is 6. The summed E-state index contributed by atoms with van der Waals surface area (Å²) in [5.41, 5.74) is 2.68. The Morgan fingerprint density at radius 2 is 1.74 bits per heavy atom. The van der Waals surface area contributed by atoms with Crippen molar-refractivity contribution < 1.29 is 19.4 Å². The first-order chi connectivity index (χ1) is 16.7. The van der Waals surface area contributed by atoms with E-state index < -0.39 is 23.5 Å². The van der Waals surface area contributed by atoms with E-state index in [1.807, 2.05) is 24.3 Å². The summed E-state index contributed by atoms with van der Waals surface area (Å²) in [5.74, 6) is -1.45. The zero-order chi connectivity index (χ0) is 25.3. The van der Waals surface area contributed by atoms with Gasteiger partial charge < -0.3 is 14.7 Å². The second-order valence-corrected chi connectivity index (χ2v) is 9.42. The number of Topliss-reactive ketones (excluding diaryl/α,β-unsaturated/α-hetero) is 1. The second kappa shape index (κ2) is 10.1. The molecule has 35 heavy (non-hydrogen) atoms. The molecule has 1 saturated heterocycles. The highest BCUT2D eigenvalue weighted by Gasteiger charge is 2.46. The van der Waals surface area contributed by atoms with Crippen LogP contribution in [0.25, 0.3) is 5.76 Å². The summed E-state index contributed by atoms with van der Waals surface area (Å²) < 4.78 is 5.38. The third kappa shape index (κ3) is 4.77. The fourth-order valence-corrected chi connectivity index (χ4v) is 4.80. The van der Waals surface area contributed by atoms with Crippen LogP contribution in [0.15, 0.2) is 66.5 Å². The molecule has 2 heterocycles. The van der Waals surface area contributed by atoms with Gasteiger partial charge in [-0.15, -0.1) is 0 Å².